The van der Waals surface area contributed by atoms with E-state index in [0.29, 0.717) is 25.2 Å². The Kier molecular flexibility index (Phi) is 3.51. The van der Waals surface area contributed by atoms with Crippen LogP contribution in [0.4, 0.5) is 5.69 Å². The minimum Gasteiger partial charge on any atom is -0.392 e. The zero-order valence-corrected chi connectivity index (χ0v) is 12.6. The van der Waals surface area contributed by atoms with Crippen molar-refractivity contribution in [1.29, 1.82) is 0 Å². The van der Waals surface area contributed by atoms with E-state index in [1.54, 1.807) is 23.1 Å². The predicted octanol–water partition coefficient (Wildman–Crippen LogP) is 0.351. The maximum Gasteiger partial charge on any atom is 0.243 e. The van der Waals surface area contributed by atoms with Gasteiger partial charge < -0.3 is 10.0 Å². The second-order valence-corrected chi connectivity index (χ2v) is 7.45. The van der Waals surface area contributed by atoms with Crippen LogP contribution in [-0.2, 0) is 21.2 Å². The number of aliphatic hydroxyl groups excluding tert-OH is 1. The van der Waals surface area contributed by atoms with E-state index in [0.717, 1.165) is 12.0 Å². The van der Waals surface area contributed by atoms with E-state index in [1.165, 1.54) is 11.2 Å². The lowest BCUT2D eigenvalue weighted by molar-refractivity contribution is -0.116. The van der Waals surface area contributed by atoms with Crippen LogP contribution in [0.2, 0.25) is 0 Å². The number of nitrogens with zero attached hydrogens (tertiary/aromatic N) is 2. The maximum absolute atomic E-state index is 12.6. The van der Waals surface area contributed by atoms with Gasteiger partial charge in [0.15, 0.2) is 0 Å². The highest BCUT2D eigenvalue weighted by Gasteiger charge is 2.33. The van der Waals surface area contributed by atoms with E-state index >= 15 is 0 Å². The number of anilines is 1. The highest BCUT2D eigenvalue weighted by Crippen LogP contribution is 2.32. The number of amides is 1. The molecule has 114 valence electrons. The number of hydrogen-bond donors (Lipinski definition) is 1. The number of benzene rings is 1. The van der Waals surface area contributed by atoms with Gasteiger partial charge in [-0.3, -0.25) is 4.79 Å². The van der Waals surface area contributed by atoms with Crippen LogP contribution in [-0.4, -0.2) is 49.5 Å². The molecule has 6 nitrogen and oxygen atoms in total. The molecule has 0 aromatic heterocycles. The van der Waals surface area contributed by atoms with Gasteiger partial charge in [-0.05, 0) is 30.5 Å². The van der Waals surface area contributed by atoms with Crippen molar-refractivity contribution < 1.29 is 18.3 Å². The molecule has 0 bridgehead atoms. The summed E-state index contributed by atoms with van der Waals surface area (Å²) in [5.41, 5.74) is 1.67. The van der Waals surface area contributed by atoms with Crippen LogP contribution in [0.5, 0.6) is 0 Å². The van der Waals surface area contributed by atoms with Gasteiger partial charge >= 0.3 is 0 Å². The number of hydrogen-bond acceptors (Lipinski definition) is 4. The third-order valence-electron chi connectivity index (χ3n) is 4.10. The second kappa shape index (κ2) is 5.08. The smallest absolute Gasteiger partial charge is 0.243 e. The van der Waals surface area contributed by atoms with Crippen molar-refractivity contribution in [2.45, 2.75) is 30.8 Å². The maximum atomic E-state index is 12.6. The molecular weight excluding hydrogens is 292 g/mol. The van der Waals surface area contributed by atoms with Gasteiger partial charge in [0, 0.05) is 32.2 Å². The molecule has 0 radical (unpaired) electrons. The molecule has 1 amide bonds. The standard InChI is InChI=1S/C14H18N2O4S/c1-10(17)16-7-4-11-2-3-13(8-14(11)16)21(19,20)15-6-5-12(18)9-15/h2-3,8,12,18H,4-7,9H2,1H3/t12-/m0/s1. The second-order valence-electron chi connectivity index (χ2n) is 5.52. The summed E-state index contributed by atoms with van der Waals surface area (Å²) < 4.78 is 26.4. The normalized spacial score (nSPS) is 22.6. The third-order valence-corrected chi connectivity index (χ3v) is 5.96. The van der Waals surface area contributed by atoms with Gasteiger partial charge in [0.2, 0.25) is 15.9 Å². The van der Waals surface area contributed by atoms with E-state index in [-0.39, 0.29) is 17.3 Å². The first-order valence-electron chi connectivity index (χ1n) is 6.99. The Morgan fingerprint density at radius 2 is 2.10 bits per heavy atom. The molecule has 1 N–H and O–H groups in total. The van der Waals surface area contributed by atoms with Crippen LogP contribution in [0.25, 0.3) is 0 Å². The molecular formula is C14H18N2O4S. The number of fused-ring (bicyclic) bond motifs is 1. The molecule has 1 aromatic rings. The van der Waals surface area contributed by atoms with Gasteiger partial charge in [-0.15, -0.1) is 0 Å². The molecule has 1 fully saturated rings. The largest absolute Gasteiger partial charge is 0.392 e. The summed E-state index contributed by atoms with van der Waals surface area (Å²) in [6.45, 7) is 2.54. The van der Waals surface area contributed by atoms with Crippen LogP contribution in [0, 0.1) is 0 Å². The first-order valence-corrected chi connectivity index (χ1v) is 8.43. The zero-order valence-electron chi connectivity index (χ0n) is 11.8. The summed E-state index contributed by atoms with van der Waals surface area (Å²) in [5, 5.41) is 9.52. The number of β-amino-alcohol motifs (C(OH)–C–C–N with tert-alkyl or cyclic N) is 1. The fourth-order valence-electron chi connectivity index (χ4n) is 2.92. The quantitative estimate of drug-likeness (QED) is 0.855. The molecule has 0 aliphatic carbocycles. The number of aliphatic hydroxyl groups is 1. The van der Waals surface area contributed by atoms with Crippen molar-refractivity contribution in [1.82, 2.24) is 4.31 Å². The SMILES string of the molecule is CC(=O)N1CCc2ccc(S(=O)(=O)N3CC[C@H](O)C3)cc21. The lowest BCUT2D eigenvalue weighted by Crippen LogP contribution is -2.30. The van der Waals surface area contributed by atoms with Crippen molar-refractivity contribution in [3.63, 3.8) is 0 Å². The van der Waals surface area contributed by atoms with Crippen molar-refractivity contribution in [3.8, 4) is 0 Å². The average Bonchev–Trinajstić information content (AvgIpc) is 3.03. The van der Waals surface area contributed by atoms with Gasteiger partial charge in [0.05, 0.1) is 11.0 Å². The van der Waals surface area contributed by atoms with Crippen LogP contribution < -0.4 is 4.90 Å². The van der Waals surface area contributed by atoms with E-state index in [1.807, 2.05) is 0 Å². The van der Waals surface area contributed by atoms with E-state index in [4.69, 9.17) is 0 Å². The minimum atomic E-state index is -3.61. The van der Waals surface area contributed by atoms with Crippen LogP contribution in [0.3, 0.4) is 0 Å². The first kappa shape index (κ1) is 14.5. The summed E-state index contributed by atoms with van der Waals surface area (Å²) in [5.74, 6) is -0.0834. The van der Waals surface area contributed by atoms with Gasteiger partial charge in [0.25, 0.3) is 0 Å². The Morgan fingerprint density at radius 1 is 1.33 bits per heavy atom. The predicted molar refractivity (Wildman–Crippen MR) is 77.6 cm³/mol. The summed E-state index contributed by atoms with van der Waals surface area (Å²) in [6, 6.07) is 4.93. The molecule has 7 heteroatoms. The Morgan fingerprint density at radius 3 is 2.71 bits per heavy atom. The van der Waals surface area contributed by atoms with Gasteiger partial charge in [-0.2, -0.15) is 4.31 Å². The molecule has 21 heavy (non-hydrogen) atoms. The fraction of sp³-hybridized carbons (Fsp3) is 0.500. The van der Waals surface area contributed by atoms with Gasteiger partial charge in [-0.1, -0.05) is 6.07 Å². The molecule has 0 spiro atoms. The molecule has 3 rings (SSSR count). The summed E-state index contributed by atoms with van der Waals surface area (Å²) in [6.07, 6.45) is 0.615. The average molecular weight is 310 g/mol. The third kappa shape index (κ3) is 2.45. The molecule has 2 heterocycles. The molecule has 1 aromatic carbocycles. The van der Waals surface area contributed by atoms with Crippen molar-refractivity contribution in [2.24, 2.45) is 0 Å². The minimum absolute atomic E-state index is 0.0834. The number of carbonyl (C=O) groups excluding carboxylic acids is 1. The van der Waals surface area contributed by atoms with Crippen molar-refractivity contribution in [3.05, 3.63) is 23.8 Å². The van der Waals surface area contributed by atoms with E-state index < -0.39 is 16.1 Å². The Hall–Kier alpha value is -1.44. The Balaban J connectivity index is 1.97. The molecule has 2 aliphatic rings. The van der Waals surface area contributed by atoms with Crippen LogP contribution in [0.15, 0.2) is 23.1 Å². The van der Waals surface area contributed by atoms with E-state index in [9.17, 15) is 18.3 Å². The number of rotatable bonds is 2. The zero-order chi connectivity index (χ0) is 15.2. The van der Waals surface area contributed by atoms with Crippen LogP contribution >= 0.6 is 0 Å². The van der Waals surface area contributed by atoms with Gasteiger partial charge in [-0.25, -0.2) is 8.42 Å². The lowest BCUT2D eigenvalue weighted by atomic mass is 10.2. The van der Waals surface area contributed by atoms with Crippen LogP contribution in [0.1, 0.15) is 18.9 Å². The highest BCUT2D eigenvalue weighted by molar-refractivity contribution is 7.89. The van der Waals surface area contributed by atoms with E-state index in [2.05, 4.69) is 0 Å². The topological polar surface area (TPSA) is 77.9 Å². The molecule has 0 saturated carbocycles. The van der Waals surface area contributed by atoms with Crippen molar-refractivity contribution >= 4 is 21.6 Å². The molecule has 0 unspecified atom stereocenters. The summed E-state index contributed by atoms with van der Waals surface area (Å²) in [7, 11) is -3.61. The highest BCUT2D eigenvalue weighted by atomic mass is 32.2. The number of sulfonamides is 1. The van der Waals surface area contributed by atoms with Gasteiger partial charge in [0.1, 0.15) is 0 Å². The Bertz CT molecular complexity index is 686. The number of carbonyl (C=O) groups is 1. The molecule has 2 aliphatic heterocycles. The lowest BCUT2D eigenvalue weighted by Gasteiger charge is -2.18. The fourth-order valence-corrected chi connectivity index (χ4v) is 4.44. The molecule has 1 atom stereocenters. The summed E-state index contributed by atoms with van der Waals surface area (Å²) >= 11 is 0. The first-order chi connectivity index (χ1) is 9.89. The monoisotopic (exact) mass is 310 g/mol. The molecule has 1 saturated heterocycles. The Labute approximate surface area is 124 Å². The summed E-state index contributed by atoms with van der Waals surface area (Å²) in [4.78, 5) is 13.4. The van der Waals surface area contributed by atoms with Crippen molar-refractivity contribution in [2.75, 3.05) is 24.5 Å².